The number of aryl methyl sites for hydroxylation is 1. The standard InChI is InChI=1S/C14H17NO4/c1-9-2-5-11(6-12(9)16)14(19)15(8-13(17)18)7-10-3-4-10/h2,5-6,10,16H,3-4,7-8H2,1H3,(H,17,18). The van der Waals surface area contributed by atoms with Gasteiger partial charge in [-0.05, 0) is 43.4 Å². The first kappa shape index (κ1) is 13.4. The Bertz CT molecular complexity index is 508. The van der Waals surface area contributed by atoms with Crippen LogP contribution in [0, 0.1) is 12.8 Å². The molecule has 0 bridgehead atoms. The van der Waals surface area contributed by atoms with E-state index in [2.05, 4.69) is 0 Å². The van der Waals surface area contributed by atoms with Crippen molar-refractivity contribution in [3.8, 4) is 5.75 Å². The molecule has 1 aliphatic carbocycles. The van der Waals surface area contributed by atoms with E-state index in [0.29, 0.717) is 23.6 Å². The van der Waals surface area contributed by atoms with Gasteiger partial charge in [-0.2, -0.15) is 0 Å². The molecule has 5 nitrogen and oxygen atoms in total. The fourth-order valence-electron chi connectivity index (χ4n) is 1.92. The number of hydrogen-bond donors (Lipinski definition) is 2. The molecule has 0 aromatic heterocycles. The third-order valence-corrected chi connectivity index (χ3v) is 3.24. The molecule has 2 rings (SSSR count). The highest BCUT2D eigenvalue weighted by Crippen LogP contribution is 2.30. The topological polar surface area (TPSA) is 77.8 Å². The van der Waals surface area contributed by atoms with E-state index in [9.17, 15) is 14.7 Å². The van der Waals surface area contributed by atoms with Gasteiger partial charge in [-0.3, -0.25) is 9.59 Å². The van der Waals surface area contributed by atoms with Crippen LogP contribution in [0.25, 0.3) is 0 Å². The van der Waals surface area contributed by atoms with Crippen molar-refractivity contribution >= 4 is 11.9 Å². The fourth-order valence-corrected chi connectivity index (χ4v) is 1.92. The molecule has 19 heavy (non-hydrogen) atoms. The van der Waals surface area contributed by atoms with Crippen molar-refractivity contribution in [2.24, 2.45) is 5.92 Å². The van der Waals surface area contributed by atoms with Gasteiger partial charge >= 0.3 is 5.97 Å². The normalized spacial score (nSPS) is 14.2. The van der Waals surface area contributed by atoms with E-state index in [1.54, 1.807) is 19.1 Å². The van der Waals surface area contributed by atoms with Gasteiger partial charge in [-0.15, -0.1) is 0 Å². The summed E-state index contributed by atoms with van der Waals surface area (Å²) in [7, 11) is 0. The number of amides is 1. The fraction of sp³-hybridized carbons (Fsp3) is 0.429. The predicted octanol–water partition coefficient (Wildman–Crippen LogP) is 1.64. The molecule has 0 aliphatic heterocycles. The average molecular weight is 263 g/mol. The number of hydrogen-bond acceptors (Lipinski definition) is 3. The van der Waals surface area contributed by atoms with E-state index in [-0.39, 0.29) is 18.2 Å². The lowest BCUT2D eigenvalue weighted by atomic mass is 10.1. The number of nitrogens with zero attached hydrogens (tertiary/aromatic N) is 1. The van der Waals surface area contributed by atoms with Gasteiger partial charge in [-0.1, -0.05) is 6.07 Å². The maximum absolute atomic E-state index is 12.3. The molecule has 5 heteroatoms. The second-order valence-electron chi connectivity index (χ2n) is 5.02. The molecule has 102 valence electrons. The summed E-state index contributed by atoms with van der Waals surface area (Å²) < 4.78 is 0. The van der Waals surface area contributed by atoms with Crippen molar-refractivity contribution in [1.82, 2.24) is 4.90 Å². The summed E-state index contributed by atoms with van der Waals surface area (Å²) in [5.41, 5.74) is 1.01. The molecule has 0 atom stereocenters. The van der Waals surface area contributed by atoms with Gasteiger partial charge in [0.25, 0.3) is 5.91 Å². The SMILES string of the molecule is Cc1ccc(C(=O)N(CC(=O)O)CC2CC2)cc1O. The molecule has 1 aromatic carbocycles. The van der Waals surface area contributed by atoms with Crippen molar-refractivity contribution in [1.29, 1.82) is 0 Å². The Kier molecular flexibility index (Phi) is 3.74. The van der Waals surface area contributed by atoms with Gasteiger partial charge in [0.1, 0.15) is 12.3 Å². The number of carbonyl (C=O) groups excluding carboxylic acids is 1. The average Bonchev–Trinajstić information content (AvgIpc) is 3.14. The summed E-state index contributed by atoms with van der Waals surface area (Å²) in [5.74, 6) is -0.898. The van der Waals surface area contributed by atoms with Crippen LogP contribution in [0.3, 0.4) is 0 Å². The summed E-state index contributed by atoms with van der Waals surface area (Å²) >= 11 is 0. The minimum absolute atomic E-state index is 0.0487. The van der Waals surface area contributed by atoms with Crippen molar-refractivity contribution in [2.45, 2.75) is 19.8 Å². The number of phenols is 1. The molecule has 1 aliphatic rings. The molecule has 0 radical (unpaired) electrons. The Morgan fingerprint density at radius 3 is 2.58 bits per heavy atom. The van der Waals surface area contributed by atoms with Crippen molar-refractivity contribution in [3.05, 3.63) is 29.3 Å². The minimum atomic E-state index is -1.02. The van der Waals surface area contributed by atoms with E-state index in [1.165, 1.54) is 11.0 Å². The molecule has 0 saturated heterocycles. The monoisotopic (exact) mass is 263 g/mol. The Morgan fingerprint density at radius 2 is 2.05 bits per heavy atom. The maximum atomic E-state index is 12.3. The van der Waals surface area contributed by atoms with Gasteiger partial charge in [0.2, 0.25) is 0 Å². The Morgan fingerprint density at radius 1 is 1.37 bits per heavy atom. The number of rotatable bonds is 5. The van der Waals surface area contributed by atoms with Gasteiger partial charge in [0.05, 0.1) is 0 Å². The summed E-state index contributed by atoms with van der Waals surface area (Å²) in [6.45, 7) is 1.91. The highest BCUT2D eigenvalue weighted by Gasteiger charge is 2.28. The summed E-state index contributed by atoms with van der Waals surface area (Å²) in [5, 5.41) is 18.5. The first-order valence-electron chi connectivity index (χ1n) is 6.28. The van der Waals surface area contributed by atoms with Crippen LogP contribution < -0.4 is 0 Å². The van der Waals surface area contributed by atoms with Crippen LogP contribution in [-0.4, -0.2) is 40.1 Å². The molecular weight excluding hydrogens is 246 g/mol. The van der Waals surface area contributed by atoms with Crippen LogP contribution in [0.2, 0.25) is 0 Å². The zero-order valence-electron chi connectivity index (χ0n) is 10.8. The molecule has 1 saturated carbocycles. The smallest absolute Gasteiger partial charge is 0.323 e. The van der Waals surface area contributed by atoms with Gasteiger partial charge < -0.3 is 15.1 Å². The summed E-state index contributed by atoms with van der Waals surface area (Å²) in [6.07, 6.45) is 2.09. The Balaban J connectivity index is 2.16. The number of benzene rings is 1. The van der Waals surface area contributed by atoms with Crippen molar-refractivity contribution in [3.63, 3.8) is 0 Å². The molecular formula is C14H17NO4. The van der Waals surface area contributed by atoms with E-state index >= 15 is 0 Å². The third kappa shape index (κ3) is 3.47. The number of carboxylic acid groups (broad SMARTS) is 1. The zero-order valence-corrected chi connectivity index (χ0v) is 10.8. The first-order chi connectivity index (χ1) is 8.97. The summed E-state index contributed by atoms with van der Waals surface area (Å²) in [6, 6.07) is 4.65. The second kappa shape index (κ2) is 5.30. The van der Waals surface area contributed by atoms with Crippen LogP contribution >= 0.6 is 0 Å². The predicted molar refractivity (Wildman–Crippen MR) is 69.1 cm³/mol. The second-order valence-corrected chi connectivity index (χ2v) is 5.02. The van der Waals surface area contributed by atoms with E-state index in [1.807, 2.05) is 0 Å². The van der Waals surface area contributed by atoms with E-state index < -0.39 is 5.97 Å². The molecule has 2 N–H and O–H groups in total. The van der Waals surface area contributed by atoms with Crippen LogP contribution in [-0.2, 0) is 4.79 Å². The highest BCUT2D eigenvalue weighted by molar-refractivity contribution is 5.96. The molecule has 0 unspecified atom stereocenters. The van der Waals surface area contributed by atoms with Crippen LogP contribution in [0.1, 0.15) is 28.8 Å². The van der Waals surface area contributed by atoms with Crippen LogP contribution in [0.4, 0.5) is 0 Å². The lowest BCUT2D eigenvalue weighted by Crippen LogP contribution is -2.37. The maximum Gasteiger partial charge on any atom is 0.323 e. The lowest BCUT2D eigenvalue weighted by molar-refractivity contribution is -0.137. The van der Waals surface area contributed by atoms with E-state index in [0.717, 1.165) is 12.8 Å². The molecule has 1 aromatic rings. The highest BCUT2D eigenvalue weighted by atomic mass is 16.4. The number of phenolic OH excluding ortho intramolecular Hbond substituents is 1. The van der Waals surface area contributed by atoms with Crippen LogP contribution in [0.5, 0.6) is 5.75 Å². The van der Waals surface area contributed by atoms with Crippen molar-refractivity contribution < 1.29 is 19.8 Å². The molecule has 0 heterocycles. The largest absolute Gasteiger partial charge is 0.508 e. The zero-order chi connectivity index (χ0) is 14.0. The minimum Gasteiger partial charge on any atom is -0.508 e. The van der Waals surface area contributed by atoms with Crippen LogP contribution in [0.15, 0.2) is 18.2 Å². The number of aliphatic carboxylic acids is 1. The van der Waals surface area contributed by atoms with Crippen molar-refractivity contribution in [2.75, 3.05) is 13.1 Å². The first-order valence-corrected chi connectivity index (χ1v) is 6.28. The Hall–Kier alpha value is -2.04. The number of aromatic hydroxyl groups is 1. The van der Waals surface area contributed by atoms with Gasteiger partial charge in [-0.25, -0.2) is 0 Å². The number of carboxylic acids is 1. The van der Waals surface area contributed by atoms with E-state index in [4.69, 9.17) is 5.11 Å². The van der Waals surface area contributed by atoms with Gasteiger partial charge in [0.15, 0.2) is 0 Å². The quantitative estimate of drug-likeness (QED) is 0.846. The number of carbonyl (C=O) groups is 2. The Labute approximate surface area is 111 Å². The lowest BCUT2D eigenvalue weighted by Gasteiger charge is -2.20. The van der Waals surface area contributed by atoms with Gasteiger partial charge in [0, 0.05) is 12.1 Å². The molecule has 1 amide bonds. The molecule has 1 fully saturated rings. The summed E-state index contributed by atoms with van der Waals surface area (Å²) in [4.78, 5) is 24.4. The molecule has 0 spiro atoms. The third-order valence-electron chi connectivity index (χ3n) is 3.24.